The molecule has 1 aromatic carbocycles. The van der Waals surface area contributed by atoms with E-state index in [2.05, 4.69) is 0 Å². The molecule has 2 aromatic rings. The van der Waals surface area contributed by atoms with Gasteiger partial charge in [0.1, 0.15) is 6.61 Å². The number of aryl methyl sites for hydroxylation is 1. The SMILES string of the molecule is Cc1ccsc1/C=C/C(=O)OCc1ccc(C#N)cc1. The maximum absolute atomic E-state index is 11.6. The molecule has 100 valence electrons. The molecule has 1 aromatic heterocycles. The van der Waals surface area contributed by atoms with Crippen LogP contribution in [0, 0.1) is 18.3 Å². The summed E-state index contributed by atoms with van der Waals surface area (Å²) in [5.41, 5.74) is 2.59. The first kappa shape index (κ1) is 14.0. The van der Waals surface area contributed by atoms with E-state index in [9.17, 15) is 4.79 Å². The largest absolute Gasteiger partial charge is 0.458 e. The van der Waals surface area contributed by atoms with Crippen LogP contribution >= 0.6 is 11.3 Å². The average Bonchev–Trinajstić information content (AvgIpc) is 2.89. The number of ether oxygens (including phenoxy) is 1. The maximum Gasteiger partial charge on any atom is 0.331 e. The number of rotatable bonds is 4. The second-order valence-corrected chi connectivity index (χ2v) is 5.17. The van der Waals surface area contributed by atoms with E-state index in [-0.39, 0.29) is 12.6 Å². The van der Waals surface area contributed by atoms with Gasteiger partial charge in [-0.1, -0.05) is 12.1 Å². The number of carbonyl (C=O) groups excluding carboxylic acids is 1. The Bertz CT molecular complexity index is 663. The quantitative estimate of drug-likeness (QED) is 0.635. The molecular weight excluding hydrogens is 270 g/mol. The highest BCUT2D eigenvalue weighted by Crippen LogP contribution is 2.17. The molecule has 0 amide bonds. The minimum Gasteiger partial charge on any atom is -0.458 e. The number of nitriles is 1. The predicted octanol–water partition coefficient (Wildman–Crippen LogP) is 3.68. The van der Waals surface area contributed by atoms with Crippen LogP contribution in [0.15, 0.2) is 41.8 Å². The summed E-state index contributed by atoms with van der Waals surface area (Å²) in [6.07, 6.45) is 3.20. The topological polar surface area (TPSA) is 50.1 Å². The third-order valence-corrected chi connectivity index (χ3v) is 3.72. The van der Waals surface area contributed by atoms with Gasteiger partial charge in [-0.3, -0.25) is 0 Å². The molecule has 0 bridgehead atoms. The molecule has 0 saturated heterocycles. The molecule has 1 heterocycles. The summed E-state index contributed by atoms with van der Waals surface area (Å²) in [7, 11) is 0. The molecule has 0 fully saturated rings. The van der Waals surface area contributed by atoms with Crippen molar-refractivity contribution in [3.8, 4) is 6.07 Å². The first-order valence-corrected chi connectivity index (χ1v) is 6.95. The summed E-state index contributed by atoms with van der Waals surface area (Å²) >= 11 is 1.58. The third kappa shape index (κ3) is 3.81. The second kappa shape index (κ2) is 6.69. The van der Waals surface area contributed by atoms with Gasteiger partial charge in [0.2, 0.25) is 0 Å². The Balaban J connectivity index is 1.87. The van der Waals surface area contributed by atoms with E-state index in [4.69, 9.17) is 10.00 Å². The van der Waals surface area contributed by atoms with Gasteiger partial charge in [-0.2, -0.15) is 5.26 Å². The van der Waals surface area contributed by atoms with Gasteiger partial charge < -0.3 is 4.74 Å². The first-order valence-electron chi connectivity index (χ1n) is 6.07. The highest BCUT2D eigenvalue weighted by Gasteiger charge is 2.01. The van der Waals surface area contributed by atoms with Crippen LogP contribution in [0.1, 0.15) is 21.6 Å². The van der Waals surface area contributed by atoms with Crippen LogP contribution in [-0.2, 0) is 16.1 Å². The van der Waals surface area contributed by atoms with Crippen molar-refractivity contribution in [3.63, 3.8) is 0 Å². The van der Waals surface area contributed by atoms with Gasteiger partial charge in [0.05, 0.1) is 11.6 Å². The van der Waals surface area contributed by atoms with Crippen LogP contribution < -0.4 is 0 Å². The molecule has 0 aliphatic heterocycles. The van der Waals surface area contributed by atoms with E-state index >= 15 is 0 Å². The minimum absolute atomic E-state index is 0.207. The zero-order valence-corrected chi connectivity index (χ0v) is 11.8. The summed E-state index contributed by atoms with van der Waals surface area (Å²) < 4.78 is 5.14. The van der Waals surface area contributed by atoms with Gasteiger partial charge in [0.25, 0.3) is 0 Å². The number of carbonyl (C=O) groups is 1. The normalized spacial score (nSPS) is 10.4. The van der Waals surface area contributed by atoms with Gasteiger partial charge in [-0.25, -0.2) is 4.79 Å². The minimum atomic E-state index is -0.373. The third-order valence-electron chi connectivity index (χ3n) is 2.74. The summed E-state index contributed by atoms with van der Waals surface area (Å²) in [5.74, 6) is -0.373. The molecule has 20 heavy (non-hydrogen) atoms. The van der Waals surface area contributed by atoms with E-state index in [0.29, 0.717) is 5.56 Å². The molecule has 0 aliphatic carbocycles. The van der Waals surface area contributed by atoms with Gasteiger partial charge in [-0.15, -0.1) is 11.3 Å². The average molecular weight is 283 g/mol. The Morgan fingerprint density at radius 3 is 2.70 bits per heavy atom. The van der Waals surface area contributed by atoms with E-state index in [1.807, 2.05) is 24.4 Å². The number of esters is 1. The molecule has 2 rings (SSSR count). The van der Waals surface area contributed by atoms with Gasteiger partial charge in [0.15, 0.2) is 0 Å². The molecule has 0 unspecified atom stereocenters. The fraction of sp³-hybridized carbons (Fsp3) is 0.125. The van der Waals surface area contributed by atoms with E-state index in [1.54, 1.807) is 41.7 Å². The molecule has 0 spiro atoms. The fourth-order valence-electron chi connectivity index (χ4n) is 1.58. The summed E-state index contributed by atoms with van der Waals surface area (Å²) in [6, 6.07) is 11.0. The van der Waals surface area contributed by atoms with Gasteiger partial charge >= 0.3 is 5.97 Å². The van der Waals surface area contributed by atoms with E-state index < -0.39 is 0 Å². The summed E-state index contributed by atoms with van der Waals surface area (Å²) in [5, 5.41) is 10.7. The fourth-order valence-corrected chi connectivity index (χ4v) is 2.40. The highest BCUT2D eigenvalue weighted by molar-refractivity contribution is 7.11. The van der Waals surface area contributed by atoms with Crippen LogP contribution in [0.4, 0.5) is 0 Å². The Morgan fingerprint density at radius 2 is 2.10 bits per heavy atom. The molecule has 4 heteroatoms. The van der Waals surface area contributed by atoms with Crippen molar-refractivity contribution < 1.29 is 9.53 Å². The second-order valence-electron chi connectivity index (χ2n) is 4.22. The van der Waals surface area contributed by atoms with Crippen molar-refractivity contribution in [1.29, 1.82) is 5.26 Å². The van der Waals surface area contributed by atoms with Crippen LogP contribution in [0.3, 0.4) is 0 Å². The van der Waals surface area contributed by atoms with Crippen molar-refractivity contribution in [2.45, 2.75) is 13.5 Å². The Hall–Kier alpha value is -2.38. The molecule has 0 radical (unpaired) electrons. The smallest absolute Gasteiger partial charge is 0.331 e. The van der Waals surface area contributed by atoms with E-state index in [0.717, 1.165) is 16.0 Å². The van der Waals surface area contributed by atoms with Crippen molar-refractivity contribution >= 4 is 23.4 Å². The van der Waals surface area contributed by atoms with Crippen LogP contribution in [-0.4, -0.2) is 5.97 Å². The lowest BCUT2D eigenvalue weighted by molar-refractivity contribution is -0.138. The first-order chi connectivity index (χ1) is 9.69. The van der Waals surface area contributed by atoms with Crippen molar-refractivity contribution in [3.05, 3.63) is 63.4 Å². The lowest BCUT2D eigenvalue weighted by Gasteiger charge is -2.02. The number of nitrogens with zero attached hydrogens (tertiary/aromatic N) is 1. The predicted molar refractivity (Wildman–Crippen MR) is 79.0 cm³/mol. The van der Waals surface area contributed by atoms with Crippen molar-refractivity contribution in [1.82, 2.24) is 0 Å². The zero-order valence-electron chi connectivity index (χ0n) is 11.0. The zero-order chi connectivity index (χ0) is 14.4. The van der Waals surface area contributed by atoms with Gasteiger partial charge in [0, 0.05) is 11.0 Å². The Kier molecular flexibility index (Phi) is 4.70. The number of hydrogen-bond acceptors (Lipinski definition) is 4. The van der Waals surface area contributed by atoms with Crippen molar-refractivity contribution in [2.24, 2.45) is 0 Å². The molecular formula is C16H13NO2S. The number of hydrogen-bond donors (Lipinski definition) is 0. The molecule has 0 aliphatic rings. The van der Waals surface area contributed by atoms with E-state index in [1.165, 1.54) is 6.08 Å². The standard InChI is InChI=1S/C16H13NO2S/c1-12-8-9-20-15(12)6-7-16(18)19-11-14-4-2-13(10-17)3-5-14/h2-9H,11H2,1H3/b7-6+. The van der Waals surface area contributed by atoms with Crippen molar-refractivity contribution in [2.75, 3.05) is 0 Å². The summed E-state index contributed by atoms with van der Waals surface area (Å²) in [6.45, 7) is 2.20. The monoisotopic (exact) mass is 283 g/mol. The molecule has 0 atom stereocenters. The highest BCUT2D eigenvalue weighted by atomic mass is 32.1. The molecule has 0 N–H and O–H groups in total. The summed E-state index contributed by atoms with van der Waals surface area (Å²) in [4.78, 5) is 12.6. The lowest BCUT2D eigenvalue weighted by atomic mass is 10.2. The Morgan fingerprint density at radius 1 is 1.35 bits per heavy atom. The van der Waals surface area contributed by atoms with Crippen LogP contribution in [0.25, 0.3) is 6.08 Å². The molecule has 0 saturated carbocycles. The van der Waals surface area contributed by atoms with Crippen LogP contribution in [0.5, 0.6) is 0 Å². The number of benzene rings is 1. The van der Waals surface area contributed by atoms with Gasteiger partial charge in [-0.05, 0) is 47.7 Å². The lowest BCUT2D eigenvalue weighted by Crippen LogP contribution is -2.00. The maximum atomic E-state index is 11.6. The Labute approximate surface area is 121 Å². The van der Waals surface area contributed by atoms with Crippen LogP contribution in [0.2, 0.25) is 0 Å². The molecule has 3 nitrogen and oxygen atoms in total. The number of thiophene rings is 1.